The topological polar surface area (TPSA) is 133 Å². The molecule has 0 unspecified atom stereocenters. The van der Waals surface area contributed by atoms with E-state index < -0.39 is 23.1 Å². The second-order valence-corrected chi connectivity index (χ2v) is 7.86. The Morgan fingerprint density at radius 3 is 2.78 bits per heavy atom. The first-order valence-corrected chi connectivity index (χ1v) is 9.15. The number of aromatic hydroxyl groups is 1. The first-order chi connectivity index (χ1) is 12.8. The standard InChI is InChI=1S/C17H19NO4.C2H5NO2/c1-18-7-6-16-13-9-2-3-10(19)14(13)22-15(16)11(20)4-5-17(16,21)12(18)8-9;3-1-2(4)5/h2-3,12,15,19,21H,4-8H2,1H3;1,3H2,(H,4,5)/t12-,15+,16+,17-;/m1./s1. The van der Waals surface area contributed by atoms with E-state index in [2.05, 4.69) is 10.6 Å². The van der Waals surface area contributed by atoms with E-state index in [4.69, 9.17) is 9.84 Å². The van der Waals surface area contributed by atoms with Crippen LogP contribution in [-0.4, -0.2) is 69.9 Å². The number of likely N-dealkylation sites (tertiary alicyclic amines) is 1. The molecule has 2 bridgehead atoms. The number of phenols is 1. The van der Waals surface area contributed by atoms with Crippen LogP contribution in [0, 0.1) is 0 Å². The Morgan fingerprint density at radius 2 is 2.11 bits per heavy atom. The molecule has 0 amide bonds. The lowest BCUT2D eigenvalue weighted by Gasteiger charge is -2.61. The summed E-state index contributed by atoms with van der Waals surface area (Å²) in [7, 11) is 2.04. The lowest BCUT2D eigenvalue weighted by atomic mass is 9.49. The molecule has 2 aliphatic carbocycles. The van der Waals surface area contributed by atoms with Gasteiger partial charge in [-0.3, -0.25) is 9.59 Å². The van der Waals surface area contributed by atoms with Crippen LogP contribution in [0.15, 0.2) is 12.1 Å². The summed E-state index contributed by atoms with van der Waals surface area (Å²) in [6.07, 6.45) is 1.61. The minimum absolute atomic E-state index is 0.00319. The van der Waals surface area contributed by atoms with Gasteiger partial charge in [0.15, 0.2) is 23.4 Å². The van der Waals surface area contributed by atoms with Gasteiger partial charge in [0.05, 0.1) is 17.6 Å². The van der Waals surface area contributed by atoms with Crippen molar-refractivity contribution in [1.29, 1.82) is 0 Å². The van der Waals surface area contributed by atoms with Crippen molar-refractivity contribution in [1.82, 2.24) is 4.90 Å². The van der Waals surface area contributed by atoms with Crippen molar-refractivity contribution in [2.24, 2.45) is 5.73 Å². The van der Waals surface area contributed by atoms with Gasteiger partial charge in [-0.1, -0.05) is 6.07 Å². The molecule has 2 fully saturated rings. The molecule has 2 aliphatic heterocycles. The number of aliphatic carboxylic acids is 1. The SMILES string of the molecule is CN1CC[C@]23c4c5ccc(O)c4O[C@H]2C(=O)CC[C@@]3(O)[C@H]1C5.NCC(=O)O. The molecule has 1 aromatic carbocycles. The number of nitrogens with two attached hydrogens (primary N) is 1. The summed E-state index contributed by atoms with van der Waals surface area (Å²) in [4.78, 5) is 24.0. The van der Waals surface area contributed by atoms with Gasteiger partial charge in [0, 0.05) is 18.0 Å². The van der Waals surface area contributed by atoms with Gasteiger partial charge in [0.1, 0.15) is 0 Å². The predicted octanol–water partition coefficient (Wildman–Crippen LogP) is -0.225. The van der Waals surface area contributed by atoms with Gasteiger partial charge < -0.3 is 30.7 Å². The molecule has 8 nitrogen and oxygen atoms in total. The van der Waals surface area contributed by atoms with E-state index in [-0.39, 0.29) is 24.1 Å². The molecule has 0 radical (unpaired) electrons. The minimum atomic E-state index is -0.968. The van der Waals surface area contributed by atoms with Crippen LogP contribution < -0.4 is 10.5 Å². The molecule has 1 saturated heterocycles. The zero-order valence-electron chi connectivity index (χ0n) is 15.1. The normalized spacial score (nSPS) is 35.6. The number of rotatable bonds is 1. The number of ether oxygens (including phenoxy) is 1. The average molecular weight is 376 g/mol. The molecule has 5 rings (SSSR count). The second kappa shape index (κ2) is 5.92. The highest BCUT2D eigenvalue weighted by molar-refractivity contribution is 5.90. The van der Waals surface area contributed by atoms with Crippen LogP contribution in [0.1, 0.15) is 30.4 Å². The fraction of sp³-hybridized carbons (Fsp3) is 0.579. The van der Waals surface area contributed by atoms with E-state index in [1.165, 1.54) is 0 Å². The summed E-state index contributed by atoms with van der Waals surface area (Å²) < 4.78 is 5.94. The number of piperidine rings is 1. The minimum Gasteiger partial charge on any atom is -0.504 e. The number of benzene rings is 1. The van der Waals surface area contributed by atoms with E-state index in [1.54, 1.807) is 6.07 Å². The Labute approximate surface area is 156 Å². The number of carbonyl (C=O) groups is 2. The molecule has 0 aromatic heterocycles. The van der Waals surface area contributed by atoms with Crippen molar-refractivity contribution in [3.63, 3.8) is 0 Å². The van der Waals surface area contributed by atoms with Gasteiger partial charge >= 0.3 is 5.97 Å². The molecule has 1 aromatic rings. The number of nitrogens with zero attached hydrogens (tertiary/aromatic N) is 1. The van der Waals surface area contributed by atoms with Crippen molar-refractivity contribution in [2.45, 2.75) is 48.8 Å². The Kier molecular flexibility index (Phi) is 3.99. The maximum Gasteiger partial charge on any atom is 0.317 e. The van der Waals surface area contributed by atoms with Crippen LogP contribution >= 0.6 is 0 Å². The quantitative estimate of drug-likeness (QED) is 0.528. The average Bonchev–Trinajstić information content (AvgIpc) is 3.00. The van der Waals surface area contributed by atoms with Gasteiger partial charge in [0.2, 0.25) is 0 Å². The molecule has 27 heavy (non-hydrogen) atoms. The molecular weight excluding hydrogens is 352 g/mol. The lowest BCUT2D eigenvalue weighted by molar-refractivity contribution is -0.185. The van der Waals surface area contributed by atoms with Gasteiger partial charge in [-0.2, -0.15) is 0 Å². The van der Waals surface area contributed by atoms with Gasteiger partial charge in [-0.15, -0.1) is 0 Å². The van der Waals surface area contributed by atoms with Crippen LogP contribution in [0.25, 0.3) is 0 Å². The summed E-state index contributed by atoms with van der Waals surface area (Å²) in [6, 6.07) is 3.57. The molecule has 146 valence electrons. The highest BCUT2D eigenvalue weighted by Crippen LogP contribution is 2.64. The molecule has 5 N–H and O–H groups in total. The Balaban J connectivity index is 0.000000323. The summed E-state index contributed by atoms with van der Waals surface area (Å²) in [5.74, 6) is -0.407. The number of hydrogen-bond acceptors (Lipinski definition) is 7. The van der Waals surface area contributed by atoms with E-state index in [9.17, 15) is 19.8 Å². The molecule has 4 atom stereocenters. The van der Waals surface area contributed by atoms with Crippen molar-refractivity contribution in [3.05, 3.63) is 23.3 Å². The predicted molar refractivity (Wildman–Crippen MR) is 94.8 cm³/mol. The van der Waals surface area contributed by atoms with Gasteiger partial charge in [-0.25, -0.2) is 0 Å². The number of phenolic OH excluding ortho intramolecular Hbond substituents is 1. The van der Waals surface area contributed by atoms with E-state index in [0.29, 0.717) is 25.0 Å². The largest absolute Gasteiger partial charge is 0.504 e. The first kappa shape index (κ1) is 18.2. The number of hydrogen-bond donors (Lipinski definition) is 4. The molecular formula is C19H24N2O6. The Bertz CT molecular complexity index is 827. The monoisotopic (exact) mass is 376 g/mol. The van der Waals surface area contributed by atoms with E-state index in [1.807, 2.05) is 13.1 Å². The molecule has 4 aliphatic rings. The lowest BCUT2D eigenvalue weighted by Crippen LogP contribution is -2.76. The third-order valence-corrected chi connectivity index (χ3v) is 6.70. The fourth-order valence-electron chi connectivity index (χ4n) is 5.54. The van der Waals surface area contributed by atoms with Crippen molar-refractivity contribution in [2.75, 3.05) is 20.1 Å². The van der Waals surface area contributed by atoms with Crippen molar-refractivity contribution >= 4 is 11.8 Å². The maximum absolute atomic E-state index is 12.5. The maximum atomic E-state index is 12.5. The number of likely N-dealkylation sites (N-methyl/N-ethyl adjacent to an activating group) is 1. The smallest absolute Gasteiger partial charge is 0.317 e. The number of Topliss-reactive ketones (excluding diaryl/α,β-unsaturated/α-hetero) is 1. The fourth-order valence-corrected chi connectivity index (χ4v) is 5.54. The first-order valence-electron chi connectivity index (χ1n) is 9.15. The van der Waals surface area contributed by atoms with Gasteiger partial charge in [0.25, 0.3) is 0 Å². The highest BCUT2D eigenvalue weighted by Gasteiger charge is 2.72. The zero-order chi connectivity index (χ0) is 19.6. The van der Waals surface area contributed by atoms with E-state index in [0.717, 1.165) is 24.1 Å². The second-order valence-electron chi connectivity index (χ2n) is 7.86. The third-order valence-electron chi connectivity index (χ3n) is 6.70. The molecule has 2 heterocycles. The van der Waals surface area contributed by atoms with Crippen molar-refractivity contribution in [3.8, 4) is 11.5 Å². The van der Waals surface area contributed by atoms with Gasteiger partial charge in [-0.05, 0) is 44.5 Å². The third kappa shape index (κ3) is 2.20. The Hall–Kier alpha value is -2.16. The molecule has 1 saturated carbocycles. The molecule has 1 spiro atoms. The van der Waals surface area contributed by atoms with Crippen LogP contribution in [0.4, 0.5) is 0 Å². The number of aliphatic hydroxyl groups is 1. The van der Waals surface area contributed by atoms with Crippen LogP contribution in [0.2, 0.25) is 0 Å². The highest BCUT2D eigenvalue weighted by atomic mass is 16.5. The number of carboxylic acid groups (broad SMARTS) is 1. The van der Waals surface area contributed by atoms with Crippen LogP contribution in [0.3, 0.4) is 0 Å². The summed E-state index contributed by atoms with van der Waals surface area (Å²) in [5, 5.41) is 29.4. The molecule has 8 heteroatoms. The number of carbonyl (C=O) groups excluding carboxylic acids is 1. The number of carboxylic acids is 1. The van der Waals surface area contributed by atoms with Crippen LogP contribution in [-0.2, 0) is 21.4 Å². The van der Waals surface area contributed by atoms with E-state index >= 15 is 0 Å². The summed E-state index contributed by atoms with van der Waals surface area (Å²) >= 11 is 0. The summed E-state index contributed by atoms with van der Waals surface area (Å²) in [6.45, 7) is 0.550. The van der Waals surface area contributed by atoms with Crippen LogP contribution in [0.5, 0.6) is 11.5 Å². The number of ketones is 1. The summed E-state index contributed by atoms with van der Waals surface area (Å²) in [5.41, 5.74) is 4.94. The Morgan fingerprint density at radius 1 is 1.41 bits per heavy atom. The van der Waals surface area contributed by atoms with Crippen molar-refractivity contribution < 1.29 is 29.6 Å². The zero-order valence-corrected chi connectivity index (χ0v) is 15.1.